The van der Waals surface area contributed by atoms with Crippen molar-refractivity contribution in [3.63, 3.8) is 0 Å². The summed E-state index contributed by atoms with van der Waals surface area (Å²) in [6.45, 7) is 0.462. The molecule has 5 heteroatoms. The summed E-state index contributed by atoms with van der Waals surface area (Å²) >= 11 is 3.17. The predicted octanol–water partition coefficient (Wildman–Crippen LogP) is 2.48. The highest BCUT2D eigenvalue weighted by Gasteiger charge is 2.13. The normalized spacial score (nSPS) is 10.3. The van der Waals surface area contributed by atoms with Crippen molar-refractivity contribution in [2.45, 2.75) is 6.42 Å². The maximum atomic E-state index is 13.2. The van der Waals surface area contributed by atoms with Gasteiger partial charge in [0.1, 0.15) is 5.82 Å². The van der Waals surface area contributed by atoms with Gasteiger partial charge in [-0.15, -0.1) is 0 Å². The van der Waals surface area contributed by atoms with Gasteiger partial charge in [0.15, 0.2) is 0 Å². The SMILES string of the molecule is COCCc1cc(C(=O)O)c(F)cc1Br. The van der Waals surface area contributed by atoms with Crippen LogP contribution in [0.2, 0.25) is 0 Å². The van der Waals surface area contributed by atoms with Crippen LogP contribution in [0.1, 0.15) is 15.9 Å². The Morgan fingerprint density at radius 2 is 2.27 bits per heavy atom. The van der Waals surface area contributed by atoms with Crippen molar-refractivity contribution in [3.05, 3.63) is 33.5 Å². The molecule has 0 radical (unpaired) electrons. The number of methoxy groups -OCH3 is 1. The molecule has 0 unspecified atom stereocenters. The van der Waals surface area contributed by atoms with E-state index in [1.807, 2.05) is 0 Å². The molecule has 1 aromatic rings. The summed E-state index contributed by atoms with van der Waals surface area (Å²) in [7, 11) is 1.55. The average molecular weight is 277 g/mol. The molecule has 0 saturated heterocycles. The highest BCUT2D eigenvalue weighted by molar-refractivity contribution is 9.10. The zero-order valence-electron chi connectivity index (χ0n) is 8.09. The number of aromatic carboxylic acids is 1. The number of hydrogen-bond acceptors (Lipinski definition) is 2. The average Bonchev–Trinajstić information content (AvgIpc) is 2.16. The van der Waals surface area contributed by atoms with Gasteiger partial charge < -0.3 is 9.84 Å². The predicted molar refractivity (Wildman–Crippen MR) is 56.6 cm³/mol. The van der Waals surface area contributed by atoms with E-state index in [9.17, 15) is 9.18 Å². The molecule has 1 aromatic carbocycles. The fraction of sp³-hybridized carbons (Fsp3) is 0.300. The fourth-order valence-electron chi connectivity index (χ4n) is 1.16. The van der Waals surface area contributed by atoms with E-state index in [0.29, 0.717) is 17.5 Å². The monoisotopic (exact) mass is 276 g/mol. The molecule has 0 atom stereocenters. The summed E-state index contributed by atoms with van der Waals surface area (Å²) in [5.41, 5.74) is 0.403. The molecule has 0 spiro atoms. The van der Waals surface area contributed by atoms with Crippen molar-refractivity contribution in [1.82, 2.24) is 0 Å². The molecule has 0 fully saturated rings. The van der Waals surface area contributed by atoms with Gasteiger partial charge in [-0.2, -0.15) is 0 Å². The quantitative estimate of drug-likeness (QED) is 0.919. The molecule has 0 aromatic heterocycles. The Morgan fingerprint density at radius 1 is 1.60 bits per heavy atom. The molecule has 0 aliphatic carbocycles. The summed E-state index contributed by atoms with van der Waals surface area (Å²) in [5, 5.41) is 8.72. The summed E-state index contributed by atoms with van der Waals surface area (Å²) in [4.78, 5) is 10.7. The molecule has 0 amide bonds. The van der Waals surface area contributed by atoms with E-state index in [4.69, 9.17) is 9.84 Å². The molecule has 1 N–H and O–H groups in total. The Hall–Kier alpha value is -0.940. The van der Waals surface area contributed by atoms with Gasteiger partial charge in [0.05, 0.1) is 12.2 Å². The second-order valence-electron chi connectivity index (χ2n) is 2.97. The molecule has 0 aliphatic rings. The molecular formula is C10H10BrFO3. The molecule has 15 heavy (non-hydrogen) atoms. The number of carbonyl (C=O) groups is 1. The Kier molecular flexibility index (Phi) is 4.23. The maximum Gasteiger partial charge on any atom is 0.338 e. The Balaban J connectivity index is 3.06. The van der Waals surface area contributed by atoms with E-state index in [2.05, 4.69) is 15.9 Å². The van der Waals surface area contributed by atoms with Crippen LogP contribution in [-0.4, -0.2) is 24.8 Å². The van der Waals surface area contributed by atoms with Crippen molar-refractivity contribution < 1.29 is 19.0 Å². The standard InChI is InChI=1S/C10H10BrFO3/c1-15-3-2-6-4-7(10(13)14)9(12)5-8(6)11/h4-5H,2-3H2,1H3,(H,13,14). The summed E-state index contributed by atoms with van der Waals surface area (Å²) in [6, 6.07) is 2.48. The molecular weight excluding hydrogens is 267 g/mol. The van der Waals surface area contributed by atoms with Crippen LogP contribution in [0, 0.1) is 5.82 Å². The topological polar surface area (TPSA) is 46.5 Å². The number of carboxylic acids is 1. The number of benzene rings is 1. The van der Waals surface area contributed by atoms with Crippen LogP contribution in [-0.2, 0) is 11.2 Å². The van der Waals surface area contributed by atoms with Crippen LogP contribution in [0.4, 0.5) is 4.39 Å². The molecule has 0 bridgehead atoms. The second-order valence-corrected chi connectivity index (χ2v) is 3.83. The Bertz CT molecular complexity index is 379. The number of hydrogen-bond donors (Lipinski definition) is 1. The van der Waals surface area contributed by atoms with E-state index in [1.54, 1.807) is 7.11 Å². The molecule has 1 rings (SSSR count). The van der Waals surface area contributed by atoms with Crippen molar-refractivity contribution in [3.8, 4) is 0 Å². The maximum absolute atomic E-state index is 13.2. The highest BCUT2D eigenvalue weighted by atomic mass is 79.9. The van der Waals surface area contributed by atoms with E-state index in [1.165, 1.54) is 6.07 Å². The summed E-state index contributed by atoms with van der Waals surface area (Å²) < 4.78 is 18.6. The van der Waals surface area contributed by atoms with Gasteiger partial charge in [-0.1, -0.05) is 15.9 Å². The molecule has 3 nitrogen and oxygen atoms in total. The van der Waals surface area contributed by atoms with Gasteiger partial charge in [-0.25, -0.2) is 9.18 Å². The number of carboxylic acid groups (broad SMARTS) is 1. The van der Waals surface area contributed by atoms with Crippen molar-refractivity contribution in [1.29, 1.82) is 0 Å². The van der Waals surface area contributed by atoms with Crippen molar-refractivity contribution in [2.24, 2.45) is 0 Å². The molecule has 82 valence electrons. The summed E-state index contributed by atoms with van der Waals surface area (Å²) in [5.74, 6) is -2.01. The number of ether oxygens (including phenoxy) is 1. The van der Waals surface area contributed by atoms with E-state index >= 15 is 0 Å². The first-order valence-electron chi connectivity index (χ1n) is 4.26. The molecule has 0 saturated carbocycles. The smallest absolute Gasteiger partial charge is 0.338 e. The first-order valence-corrected chi connectivity index (χ1v) is 5.05. The van der Waals surface area contributed by atoms with Gasteiger partial charge in [0.2, 0.25) is 0 Å². The van der Waals surface area contributed by atoms with Crippen LogP contribution in [0.15, 0.2) is 16.6 Å². The number of rotatable bonds is 4. The third-order valence-corrected chi connectivity index (χ3v) is 2.68. The van der Waals surface area contributed by atoms with E-state index in [0.717, 1.165) is 11.6 Å². The zero-order chi connectivity index (χ0) is 11.4. The van der Waals surface area contributed by atoms with Crippen LogP contribution < -0.4 is 0 Å². The van der Waals surface area contributed by atoms with Gasteiger partial charge >= 0.3 is 5.97 Å². The minimum Gasteiger partial charge on any atom is -0.478 e. The lowest BCUT2D eigenvalue weighted by Crippen LogP contribution is -2.04. The lowest BCUT2D eigenvalue weighted by molar-refractivity contribution is 0.0691. The van der Waals surface area contributed by atoms with Gasteiger partial charge in [0, 0.05) is 11.6 Å². The zero-order valence-corrected chi connectivity index (χ0v) is 9.67. The second kappa shape index (κ2) is 5.23. The first kappa shape index (κ1) is 12.1. The van der Waals surface area contributed by atoms with Crippen molar-refractivity contribution >= 4 is 21.9 Å². The van der Waals surface area contributed by atoms with E-state index in [-0.39, 0.29) is 5.56 Å². The van der Waals surface area contributed by atoms with Crippen LogP contribution in [0.25, 0.3) is 0 Å². The lowest BCUT2D eigenvalue weighted by atomic mass is 10.1. The Morgan fingerprint density at radius 3 is 2.80 bits per heavy atom. The Labute approximate surface area is 95.0 Å². The number of halogens is 2. The minimum absolute atomic E-state index is 0.315. The third-order valence-electron chi connectivity index (χ3n) is 1.94. The lowest BCUT2D eigenvalue weighted by Gasteiger charge is -2.06. The van der Waals surface area contributed by atoms with Gasteiger partial charge in [-0.3, -0.25) is 0 Å². The van der Waals surface area contributed by atoms with Crippen LogP contribution in [0.3, 0.4) is 0 Å². The van der Waals surface area contributed by atoms with E-state index < -0.39 is 11.8 Å². The largest absolute Gasteiger partial charge is 0.478 e. The summed E-state index contributed by atoms with van der Waals surface area (Å²) in [6.07, 6.45) is 0.539. The van der Waals surface area contributed by atoms with Crippen LogP contribution in [0.5, 0.6) is 0 Å². The van der Waals surface area contributed by atoms with Crippen LogP contribution >= 0.6 is 15.9 Å². The van der Waals surface area contributed by atoms with Gasteiger partial charge in [-0.05, 0) is 24.1 Å². The fourth-order valence-corrected chi connectivity index (χ4v) is 1.68. The third kappa shape index (κ3) is 3.00. The highest BCUT2D eigenvalue weighted by Crippen LogP contribution is 2.22. The van der Waals surface area contributed by atoms with Crippen molar-refractivity contribution in [2.75, 3.05) is 13.7 Å². The minimum atomic E-state index is -1.27. The molecule has 0 heterocycles. The van der Waals surface area contributed by atoms with Gasteiger partial charge in [0.25, 0.3) is 0 Å². The first-order chi connectivity index (χ1) is 7.06. The molecule has 0 aliphatic heterocycles.